The third-order valence-electron chi connectivity index (χ3n) is 10.5. The van der Waals surface area contributed by atoms with E-state index < -0.39 is 10.1 Å². The van der Waals surface area contributed by atoms with E-state index in [1.54, 1.807) is 13.2 Å². The lowest BCUT2D eigenvalue weighted by molar-refractivity contribution is -0.0693. The zero-order valence-electron chi connectivity index (χ0n) is 25.9. The van der Waals surface area contributed by atoms with Crippen molar-refractivity contribution >= 4 is 33.4 Å². The Kier molecular flexibility index (Phi) is 9.22. The minimum absolute atomic E-state index is 0.0373. The predicted molar refractivity (Wildman–Crippen MR) is 170 cm³/mol. The average molecular weight is 646 g/mol. The van der Waals surface area contributed by atoms with Crippen LogP contribution in [0.25, 0.3) is 0 Å². The molecule has 6 atom stereocenters. The van der Waals surface area contributed by atoms with Gasteiger partial charge in [0.2, 0.25) is 0 Å². The summed E-state index contributed by atoms with van der Waals surface area (Å²) in [6.45, 7) is 2.14. The highest BCUT2D eigenvalue weighted by atomic mass is 35.5. The topological polar surface area (TPSA) is 91.4 Å². The Morgan fingerprint density at radius 2 is 1.95 bits per heavy atom. The normalized spacial score (nSPS) is 29.0. The summed E-state index contributed by atoms with van der Waals surface area (Å²) in [5, 5.41) is 0.757. The number of hydrogen-bond donors (Lipinski definition) is 0. The molecule has 0 aromatic heterocycles. The van der Waals surface area contributed by atoms with Crippen molar-refractivity contribution in [2.24, 2.45) is 17.8 Å². The lowest BCUT2D eigenvalue weighted by Crippen LogP contribution is -2.51. The number of rotatable bonds is 8. The number of esters is 1. The van der Waals surface area contributed by atoms with Gasteiger partial charge in [-0.25, -0.2) is 4.79 Å². The molecule has 2 saturated carbocycles. The SMILES string of the molecule is COC(=O)c1ccc2c(c1)N(C[C@@H]1CC[C@H]1[C@@H](OC)[C@@H]1CCC[C@@H](OS(C)(=O)=O)C1)CC1(CCCc3cc(Cl)ccc31)CO2. The van der Waals surface area contributed by atoms with Crippen LogP contribution >= 0.6 is 11.6 Å². The molecular weight excluding hydrogens is 602 g/mol. The van der Waals surface area contributed by atoms with Crippen molar-refractivity contribution in [3.63, 3.8) is 0 Å². The summed E-state index contributed by atoms with van der Waals surface area (Å²) in [7, 11) is -0.308. The molecule has 44 heavy (non-hydrogen) atoms. The van der Waals surface area contributed by atoms with E-state index >= 15 is 0 Å². The van der Waals surface area contributed by atoms with Crippen LogP contribution in [-0.4, -0.2) is 66.8 Å². The molecule has 0 radical (unpaired) electrons. The Bertz CT molecular complexity index is 1480. The summed E-state index contributed by atoms with van der Waals surface area (Å²) in [6, 6.07) is 11.9. The minimum atomic E-state index is -3.50. The second-order valence-electron chi connectivity index (χ2n) is 13.3. The van der Waals surface area contributed by atoms with Crippen LogP contribution in [0.1, 0.15) is 72.9 Å². The van der Waals surface area contributed by atoms with Gasteiger partial charge in [0.1, 0.15) is 5.75 Å². The van der Waals surface area contributed by atoms with E-state index in [1.165, 1.54) is 18.2 Å². The van der Waals surface area contributed by atoms with Gasteiger partial charge in [-0.15, -0.1) is 0 Å². The third-order valence-corrected chi connectivity index (χ3v) is 11.4. The molecule has 0 bridgehead atoms. The summed E-state index contributed by atoms with van der Waals surface area (Å²) in [4.78, 5) is 15.0. The number of ether oxygens (including phenoxy) is 3. The summed E-state index contributed by atoms with van der Waals surface area (Å²) < 4.78 is 47.0. The zero-order chi connectivity index (χ0) is 31.1. The molecule has 2 fully saturated rings. The maximum atomic E-state index is 12.6. The molecule has 3 aliphatic carbocycles. The van der Waals surface area contributed by atoms with E-state index in [-0.39, 0.29) is 29.5 Å². The van der Waals surface area contributed by atoms with Crippen molar-refractivity contribution in [3.8, 4) is 5.75 Å². The molecule has 0 N–H and O–H groups in total. The highest BCUT2D eigenvalue weighted by Gasteiger charge is 2.46. The smallest absolute Gasteiger partial charge is 0.337 e. The number of aryl methyl sites for hydroxylation is 1. The van der Waals surface area contributed by atoms with Gasteiger partial charge in [-0.1, -0.05) is 24.1 Å². The maximum absolute atomic E-state index is 12.6. The number of hydrogen-bond acceptors (Lipinski definition) is 8. The van der Waals surface area contributed by atoms with Crippen LogP contribution in [0, 0.1) is 17.8 Å². The first-order valence-corrected chi connectivity index (χ1v) is 18.1. The van der Waals surface area contributed by atoms with Crippen LogP contribution < -0.4 is 9.64 Å². The van der Waals surface area contributed by atoms with Crippen LogP contribution in [0.4, 0.5) is 5.69 Å². The van der Waals surface area contributed by atoms with Gasteiger partial charge in [-0.3, -0.25) is 4.18 Å². The standard InChI is InChI=1S/C34H44ClNO7S/c1-40-32(23-6-4-8-27(17-23)43-44(3,38)39)28-12-9-25(28)19-36-20-34(15-5-7-22-16-26(35)11-13-29(22)34)21-42-31-14-10-24(18-30(31)36)33(37)41-2/h10-11,13-14,16,18,23,25,27-28,32H,4-9,12,15,17,19-21H2,1-3H3/t23-,25+,27-,28-,32+,34?/m1/s1. The summed E-state index contributed by atoms with van der Waals surface area (Å²) in [5.74, 6) is 1.40. The quantitative estimate of drug-likeness (QED) is 0.249. The number of methoxy groups -OCH3 is 2. The van der Waals surface area contributed by atoms with E-state index in [0.29, 0.717) is 30.4 Å². The predicted octanol–water partition coefficient (Wildman–Crippen LogP) is 6.18. The largest absolute Gasteiger partial charge is 0.490 e. The molecule has 8 nitrogen and oxygen atoms in total. The second-order valence-corrected chi connectivity index (χ2v) is 15.4. The summed E-state index contributed by atoms with van der Waals surface area (Å²) in [6.07, 6.45) is 9.51. The third kappa shape index (κ3) is 6.48. The first-order chi connectivity index (χ1) is 21.1. The van der Waals surface area contributed by atoms with Crippen LogP contribution in [0.5, 0.6) is 5.75 Å². The molecule has 10 heteroatoms. The molecular formula is C34H44ClNO7S. The van der Waals surface area contributed by atoms with Gasteiger partial charge < -0.3 is 19.1 Å². The van der Waals surface area contributed by atoms with Gasteiger partial charge in [0.15, 0.2) is 0 Å². The minimum Gasteiger partial charge on any atom is -0.490 e. The first-order valence-electron chi connectivity index (χ1n) is 15.9. The fraction of sp³-hybridized carbons (Fsp3) is 0.618. The van der Waals surface area contributed by atoms with Crippen molar-refractivity contribution < 1.29 is 31.6 Å². The van der Waals surface area contributed by atoms with Crippen molar-refractivity contribution in [3.05, 3.63) is 58.1 Å². The van der Waals surface area contributed by atoms with Gasteiger partial charge in [-0.05, 0) is 111 Å². The highest BCUT2D eigenvalue weighted by molar-refractivity contribution is 7.86. The molecule has 1 spiro atoms. The van der Waals surface area contributed by atoms with Gasteiger partial charge in [0.25, 0.3) is 10.1 Å². The Labute approximate surface area is 266 Å². The molecule has 6 rings (SSSR count). The van der Waals surface area contributed by atoms with Crippen LogP contribution in [-0.2, 0) is 35.6 Å². The van der Waals surface area contributed by atoms with Crippen LogP contribution in [0.15, 0.2) is 36.4 Å². The molecule has 240 valence electrons. The number of carbonyl (C=O) groups excluding carboxylic acids is 1. The van der Waals surface area contributed by atoms with Crippen molar-refractivity contribution in [1.82, 2.24) is 0 Å². The van der Waals surface area contributed by atoms with Crippen LogP contribution in [0.3, 0.4) is 0 Å². The van der Waals surface area contributed by atoms with Crippen molar-refractivity contribution in [2.75, 3.05) is 45.1 Å². The van der Waals surface area contributed by atoms with E-state index in [1.807, 2.05) is 18.2 Å². The van der Waals surface area contributed by atoms with Gasteiger partial charge in [0, 0.05) is 30.6 Å². The molecule has 1 unspecified atom stereocenters. The monoisotopic (exact) mass is 645 g/mol. The molecule has 1 aliphatic heterocycles. The number of carbonyl (C=O) groups is 1. The first kappa shape index (κ1) is 31.6. The Morgan fingerprint density at radius 3 is 2.68 bits per heavy atom. The molecule has 2 aromatic carbocycles. The molecule has 0 amide bonds. The number of halogens is 1. The molecule has 4 aliphatic rings. The average Bonchev–Trinajstić information content (AvgIpc) is 3.13. The van der Waals surface area contributed by atoms with E-state index in [0.717, 1.165) is 87.2 Å². The van der Waals surface area contributed by atoms with E-state index in [2.05, 4.69) is 17.0 Å². The fourth-order valence-corrected chi connectivity index (χ4v) is 9.29. The van der Waals surface area contributed by atoms with Gasteiger partial charge in [-0.2, -0.15) is 8.42 Å². The van der Waals surface area contributed by atoms with E-state index in [9.17, 15) is 13.2 Å². The fourth-order valence-electron chi connectivity index (χ4n) is 8.43. The number of benzene rings is 2. The second kappa shape index (κ2) is 12.8. The summed E-state index contributed by atoms with van der Waals surface area (Å²) >= 11 is 6.42. The molecule has 0 saturated heterocycles. The Balaban J connectivity index is 1.29. The van der Waals surface area contributed by atoms with Gasteiger partial charge >= 0.3 is 5.97 Å². The number of nitrogens with zero attached hydrogens (tertiary/aromatic N) is 1. The van der Waals surface area contributed by atoms with Gasteiger partial charge in [0.05, 0.1) is 43.4 Å². The summed E-state index contributed by atoms with van der Waals surface area (Å²) in [5.41, 5.74) is 3.81. The maximum Gasteiger partial charge on any atom is 0.337 e. The van der Waals surface area contributed by atoms with Crippen LogP contribution in [0.2, 0.25) is 5.02 Å². The lowest BCUT2D eigenvalue weighted by atomic mass is 9.65. The molecule has 1 heterocycles. The Hall–Kier alpha value is -2.33. The van der Waals surface area contributed by atoms with E-state index in [4.69, 9.17) is 30.0 Å². The lowest BCUT2D eigenvalue weighted by Gasteiger charge is -2.48. The van der Waals surface area contributed by atoms with Crippen molar-refractivity contribution in [1.29, 1.82) is 0 Å². The zero-order valence-corrected chi connectivity index (χ0v) is 27.5. The molecule has 2 aromatic rings. The number of fused-ring (bicyclic) bond motifs is 3. The Morgan fingerprint density at radius 1 is 1.11 bits per heavy atom. The van der Waals surface area contributed by atoms with Crippen molar-refractivity contribution in [2.45, 2.75) is 75.4 Å². The highest BCUT2D eigenvalue weighted by Crippen LogP contribution is 2.48. The number of anilines is 1.